The van der Waals surface area contributed by atoms with E-state index in [1.807, 2.05) is 0 Å². The SMILES string of the molecule is O=C(O)N1CC[C@H](Nc2nnc(-c3ccc(C(F)(F)F)cn3)c3cccnc23)C1. The highest BCUT2D eigenvalue weighted by atomic mass is 19.4. The Hall–Kier alpha value is -3.50. The number of alkyl halides is 3. The Morgan fingerprint density at radius 2 is 2.03 bits per heavy atom. The van der Waals surface area contributed by atoms with Crippen molar-refractivity contribution in [2.75, 3.05) is 18.4 Å². The zero-order valence-electron chi connectivity index (χ0n) is 14.9. The Kier molecular flexibility index (Phi) is 4.65. The van der Waals surface area contributed by atoms with Gasteiger partial charge in [0.1, 0.15) is 11.2 Å². The molecule has 0 aliphatic carbocycles. The lowest BCUT2D eigenvalue weighted by Gasteiger charge is -2.15. The standard InChI is InChI=1S/C18H15F3N6O2/c19-18(20,21)10-3-4-13(23-8-10)14-12-2-1-6-22-15(12)16(26-25-14)24-11-5-7-27(9-11)17(28)29/h1-4,6,8,11H,5,7,9H2,(H,24,26)(H,28,29)/t11-/m0/s1. The van der Waals surface area contributed by atoms with E-state index in [0.29, 0.717) is 41.9 Å². The third kappa shape index (κ3) is 3.75. The van der Waals surface area contributed by atoms with Crippen LogP contribution in [0.5, 0.6) is 0 Å². The molecule has 0 radical (unpaired) electrons. The zero-order chi connectivity index (χ0) is 20.6. The van der Waals surface area contributed by atoms with Crippen LogP contribution in [0, 0.1) is 0 Å². The zero-order valence-corrected chi connectivity index (χ0v) is 14.9. The van der Waals surface area contributed by atoms with Crippen LogP contribution in [0.25, 0.3) is 22.3 Å². The smallest absolute Gasteiger partial charge is 0.417 e. The summed E-state index contributed by atoms with van der Waals surface area (Å²) in [5, 5.41) is 21.1. The summed E-state index contributed by atoms with van der Waals surface area (Å²) in [5.74, 6) is 0.383. The maximum absolute atomic E-state index is 12.8. The third-order valence-electron chi connectivity index (χ3n) is 4.67. The van der Waals surface area contributed by atoms with Crippen LogP contribution in [0.4, 0.5) is 23.8 Å². The van der Waals surface area contributed by atoms with Crippen molar-refractivity contribution < 1.29 is 23.1 Å². The number of nitrogens with zero attached hydrogens (tertiary/aromatic N) is 5. The van der Waals surface area contributed by atoms with Crippen molar-refractivity contribution >= 4 is 22.8 Å². The number of halogens is 3. The number of aromatic nitrogens is 4. The summed E-state index contributed by atoms with van der Waals surface area (Å²) in [7, 11) is 0. The number of rotatable bonds is 3. The molecule has 29 heavy (non-hydrogen) atoms. The fourth-order valence-electron chi connectivity index (χ4n) is 3.22. The van der Waals surface area contributed by atoms with Crippen LogP contribution in [-0.2, 0) is 6.18 Å². The highest BCUT2D eigenvalue weighted by molar-refractivity contribution is 5.96. The van der Waals surface area contributed by atoms with Gasteiger partial charge in [0.2, 0.25) is 0 Å². The van der Waals surface area contributed by atoms with E-state index in [-0.39, 0.29) is 11.7 Å². The van der Waals surface area contributed by atoms with E-state index in [4.69, 9.17) is 5.11 Å². The van der Waals surface area contributed by atoms with Crippen molar-refractivity contribution in [2.45, 2.75) is 18.6 Å². The van der Waals surface area contributed by atoms with Gasteiger partial charge in [0.25, 0.3) is 0 Å². The lowest BCUT2D eigenvalue weighted by Crippen LogP contribution is -2.30. The minimum absolute atomic E-state index is 0.138. The van der Waals surface area contributed by atoms with Crippen molar-refractivity contribution in [2.24, 2.45) is 0 Å². The molecule has 150 valence electrons. The second-order valence-electron chi connectivity index (χ2n) is 6.59. The van der Waals surface area contributed by atoms with Crippen molar-refractivity contribution in [1.82, 2.24) is 25.1 Å². The molecule has 3 aromatic rings. The van der Waals surface area contributed by atoms with Gasteiger partial charge in [0, 0.05) is 36.9 Å². The minimum Gasteiger partial charge on any atom is -0.465 e. The second kappa shape index (κ2) is 7.15. The summed E-state index contributed by atoms with van der Waals surface area (Å²) in [6, 6.07) is 5.46. The Labute approximate surface area is 162 Å². The Morgan fingerprint density at radius 1 is 1.21 bits per heavy atom. The van der Waals surface area contributed by atoms with Crippen LogP contribution >= 0.6 is 0 Å². The second-order valence-corrected chi connectivity index (χ2v) is 6.59. The van der Waals surface area contributed by atoms with Gasteiger partial charge in [-0.05, 0) is 30.7 Å². The molecule has 1 saturated heterocycles. The van der Waals surface area contributed by atoms with Crippen molar-refractivity contribution in [3.05, 3.63) is 42.2 Å². The number of anilines is 1. The monoisotopic (exact) mass is 404 g/mol. The van der Waals surface area contributed by atoms with Crippen LogP contribution in [0.15, 0.2) is 36.7 Å². The summed E-state index contributed by atoms with van der Waals surface area (Å²) in [4.78, 5) is 20.6. The molecule has 4 rings (SSSR count). The molecular weight excluding hydrogens is 389 g/mol. The van der Waals surface area contributed by atoms with Gasteiger partial charge in [-0.1, -0.05) is 0 Å². The first-order valence-corrected chi connectivity index (χ1v) is 8.72. The number of likely N-dealkylation sites (tertiary alicyclic amines) is 1. The number of carboxylic acid groups (broad SMARTS) is 1. The quantitative estimate of drug-likeness (QED) is 0.690. The Morgan fingerprint density at radius 3 is 2.69 bits per heavy atom. The van der Waals surface area contributed by atoms with Gasteiger partial charge >= 0.3 is 12.3 Å². The molecule has 2 N–H and O–H groups in total. The molecule has 1 fully saturated rings. The first-order chi connectivity index (χ1) is 13.8. The van der Waals surface area contributed by atoms with Crippen molar-refractivity contribution in [3.63, 3.8) is 0 Å². The number of nitrogens with one attached hydrogen (secondary N) is 1. The summed E-state index contributed by atoms with van der Waals surface area (Å²) in [5.41, 5.74) is 0.186. The van der Waals surface area contributed by atoms with Crippen LogP contribution in [0.2, 0.25) is 0 Å². The number of amides is 1. The molecule has 4 heterocycles. The molecule has 1 atom stereocenters. The average molecular weight is 404 g/mol. The minimum atomic E-state index is -4.47. The lowest BCUT2D eigenvalue weighted by atomic mass is 10.1. The Bertz CT molecular complexity index is 1060. The van der Waals surface area contributed by atoms with Gasteiger partial charge in [-0.25, -0.2) is 4.79 Å². The fraction of sp³-hybridized carbons (Fsp3) is 0.278. The molecular formula is C18H15F3N6O2. The van der Waals surface area contributed by atoms with Gasteiger partial charge < -0.3 is 15.3 Å². The summed E-state index contributed by atoms with van der Waals surface area (Å²) >= 11 is 0. The molecule has 0 aromatic carbocycles. The lowest BCUT2D eigenvalue weighted by molar-refractivity contribution is -0.137. The number of pyridine rings is 2. The van der Waals surface area contributed by atoms with Crippen LogP contribution in [0.1, 0.15) is 12.0 Å². The maximum Gasteiger partial charge on any atom is 0.417 e. The van der Waals surface area contributed by atoms with Crippen molar-refractivity contribution in [3.8, 4) is 11.4 Å². The van der Waals surface area contributed by atoms with E-state index >= 15 is 0 Å². The highest BCUT2D eigenvalue weighted by Crippen LogP contribution is 2.32. The largest absolute Gasteiger partial charge is 0.465 e. The van der Waals surface area contributed by atoms with E-state index < -0.39 is 17.8 Å². The average Bonchev–Trinajstić information content (AvgIpc) is 3.17. The molecule has 8 nitrogen and oxygen atoms in total. The first-order valence-electron chi connectivity index (χ1n) is 8.72. The summed E-state index contributed by atoms with van der Waals surface area (Å²) in [6.45, 7) is 0.729. The molecule has 0 unspecified atom stereocenters. The van der Waals surface area contributed by atoms with Gasteiger partial charge in [0.15, 0.2) is 5.82 Å². The number of hydrogen-bond donors (Lipinski definition) is 2. The van der Waals surface area contributed by atoms with Crippen LogP contribution in [0.3, 0.4) is 0 Å². The van der Waals surface area contributed by atoms with Gasteiger partial charge in [-0.3, -0.25) is 9.97 Å². The van der Waals surface area contributed by atoms with Gasteiger partial charge in [-0.2, -0.15) is 13.2 Å². The van der Waals surface area contributed by atoms with Gasteiger partial charge in [0.05, 0.1) is 11.3 Å². The molecule has 1 amide bonds. The number of carbonyl (C=O) groups is 1. The Balaban J connectivity index is 1.66. The first kappa shape index (κ1) is 18.8. The molecule has 0 saturated carbocycles. The van der Waals surface area contributed by atoms with Crippen molar-refractivity contribution in [1.29, 1.82) is 0 Å². The molecule has 0 bridgehead atoms. The molecule has 1 aliphatic heterocycles. The number of hydrogen-bond acceptors (Lipinski definition) is 6. The normalized spacial score (nSPS) is 16.9. The fourth-order valence-corrected chi connectivity index (χ4v) is 3.22. The van der Waals surface area contributed by atoms with Gasteiger partial charge in [-0.15, -0.1) is 10.2 Å². The molecule has 0 spiro atoms. The van der Waals surface area contributed by atoms with E-state index in [0.717, 1.165) is 12.3 Å². The van der Waals surface area contributed by atoms with Crippen LogP contribution in [-0.4, -0.2) is 55.4 Å². The summed E-state index contributed by atoms with van der Waals surface area (Å²) in [6.07, 6.45) is -2.52. The van der Waals surface area contributed by atoms with Crippen LogP contribution < -0.4 is 5.32 Å². The topological polar surface area (TPSA) is 104 Å². The predicted octanol–water partition coefficient (Wildman–Crippen LogP) is 3.27. The predicted molar refractivity (Wildman–Crippen MR) is 97.2 cm³/mol. The third-order valence-corrected chi connectivity index (χ3v) is 4.67. The van der Waals surface area contributed by atoms with E-state index in [1.54, 1.807) is 18.3 Å². The molecule has 1 aliphatic rings. The van der Waals surface area contributed by atoms with E-state index in [2.05, 4.69) is 25.5 Å². The van der Waals surface area contributed by atoms with E-state index in [9.17, 15) is 18.0 Å². The maximum atomic E-state index is 12.8. The van der Waals surface area contributed by atoms with E-state index in [1.165, 1.54) is 11.0 Å². The highest BCUT2D eigenvalue weighted by Gasteiger charge is 2.31. The number of fused-ring (bicyclic) bond motifs is 1. The molecule has 3 aromatic heterocycles. The molecule has 11 heteroatoms. The summed E-state index contributed by atoms with van der Waals surface area (Å²) < 4.78 is 38.3.